The number of hydrogen-bond donors (Lipinski definition) is 1. The average Bonchev–Trinajstić information content (AvgIpc) is 2.96. The molecular weight excluding hydrogens is 379 g/mol. The van der Waals surface area contributed by atoms with Crippen molar-refractivity contribution in [3.8, 4) is 6.07 Å². The number of amides is 1. The number of benzene rings is 1. The molecule has 8 heteroatoms. The first-order valence-electron chi connectivity index (χ1n) is 7.96. The number of nitriles is 1. The van der Waals surface area contributed by atoms with Gasteiger partial charge in [-0.25, -0.2) is 9.18 Å². The molecule has 1 N–H and O–H groups in total. The van der Waals surface area contributed by atoms with E-state index in [4.69, 9.17) is 16.3 Å². The van der Waals surface area contributed by atoms with E-state index in [1.165, 1.54) is 23.5 Å². The van der Waals surface area contributed by atoms with Crippen molar-refractivity contribution in [2.45, 2.75) is 25.7 Å². The van der Waals surface area contributed by atoms with Crippen LogP contribution < -0.4 is 5.32 Å². The molecule has 3 rings (SSSR count). The van der Waals surface area contributed by atoms with E-state index in [1.807, 2.05) is 0 Å². The van der Waals surface area contributed by atoms with Gasteiger partial charge in [-0.1, -0.05) is 11.6 Å². The number of thiophene rings is 1. The van der Waals surface area contributed by atoms with Gasteiger partial charge < -0.3 is 10.1 Å². The third kappa shape index (κ3) is 3.87. The molecule has 26 heavy (non-hydrogen) atoms. The second-order valence-electron chi connectivity index (χ2n) is 5.78. The zero-order valence-corrected chi connectivity index (χ0v) is 15.2. The lowest BCUT2D eigenvalue weighted by molar-refractivity contribution is -0.119. The zero-order valence-electron chi connectivity index (χ0n) is 13.6. The van der Waals surface area contributed by atoms with Gasteiger partial charge in [0.25, 0.3) is 5.91 Å². The van der Waals surface area contributed by atoms with E-state index >= 15 is 0 Å². The molecule has 1 heterocycles. The number of anilines is 1. The number of nitrogens with one attached hydrogen (secondary N) is 1. The Hall–Kier alpha value is -2.43. The predicted molar refractivity (Wildman–Crippen MR) is 96.0 cm³/mol. The fraction of sp³-hybridized carbons (Fsp3) is 0.278. The molecule has 0 saturated carbocycles. The van der Waals surface area contributed by atoms with Crippen LogP contribution in [0.5, 0.6) is 0 Å². The third-order valence-corrected chi connectivity index (χ3v) is 5.46. The molecule has 2 aromatic rings. The van der Waals surface area contributed by atoms with E-state index in [2.05, 4.69) is 11.4 Å². The fourth-order valence-corrected chi connectivity index (χ4v) is 4.21. The molecule has 1 aromatic heterocycles. The summed E-state index contributed by atoms with van der Waals surface area (Å²) in [6.45, 7) is -0.575. The van der Waals surface area contributed by atoms with Crippen LogP contribution in [0.3, 0.4) is 0 Å². The second-order valence-corrected chi connectivity index (χ2v) is 7.32. The zero-order chi connectivity index (χ0) is 18.7. The van der Waals surface area contributed by atoms with Gasteiger partial charge in [0.05, 0.1) is 11.1 Å². The van der Waals surface area contributed by atoms with Crippen molar-refractivity contribution in [3.63, 3.8) is 0 Å². The number of carbonyl (C=O) groups is 2. The van der Waals surface area contributed by atoms with Gasteiger partial charge in [-0.3, -0.25) is 4.79 Å². The molecule has 1 aliphatic carbocycles. The highest BCUT2D eigenvalue weighted by Crippen LogP contribution is 2.37. The van der Waals surface area contributed by atoms with Crippen LogP contribution in [0.1, 0.15) is 39.2 Å². The Balaban J connectivity index is 1.64. The van der Waals surface area contributed by atoms with Crippen LogP contribution in [0, 0.1) is 17.1 Å². The lowest BCUT2D eigenvalue weighted by Gasteiger charge is -2.09. The third-order valence-electron chi connectivity index (χ3n) is 4.02. The van der Waals surface area contributed by atoms with Gasteiger partial charge in [0, 0.05) is 9.90 Å². The number of nitrogens with zero attached hydrogens (tertiary/aromatic N) is 1. The van der Waals surface area contributed by atoms with Crippen LogP contribution in [0.4, 0.5) is 9.39 Å². The summed E-state index contributed by atoms with van der Waals surface area (Å²) in [6.07, 6.45) is 3.82. The number of ether oxygens (including phenoxy) is 1. The van der Waals surface area contributed by atoms with E-state index < -0.39 is 24.3 Å². The minimum Gasteiger partial charge on any atom is -0.452 e. The SMILES string of the molecule is N#Cc1c(NC(=O)COC(=O)c2ccc(Cl)cc2F)sc2c1CCCC2. The summed E-state index contributed by atoms with van der Waals surface area (Å²) in [6, 6.07) is 5.68. The Kier molecular flexibility index (Phi) is 5.55. The molecule has 5 nitrogen and oxygen atoms in total. The Morgan fingerprint density at radius 1 is 1.35 bits per heavy atom. The largest absolute Gasteiger partial charge is 0.452 e. The highest BCUT2D eigenvalue weighted by atomic mass is 35.5. The van der Waals surface area contributed by atoms with Gasteiger partial charge in [-0.2, -0.15) is 5.26 Å². The molecule has 0 unspecified atom stereocenters. The molecular formula is C18H14ClFN2O3S. The number of hydrogen-bond acceptors (Lipinski definition) is 5. The van der Waals surface area contributed by atoms with E-state index in [9.17, 15) is 19.2 Å². The quantitative estimate of drug-likeness (QED) is 0.795. The normalized spacial score (nSPS) is 12.8. The maximum absolute atomic E-state index is 13.7. The molecule has 0 fully saturated rings. The number of fused-ring (bicyclic) bond motifs is 1. The molecule has 134 valence electrons. The van der Waals surface area contributed by atoms with E-state index in [0.29, 0.717) is 10.6 Å². The minimum atomic E-state index is -0.958. The molecule has 0 radical (unpaired) electrons. The number of rotatable bonds is 4. The summed E-state index contributed by atoms with van der Waals surface area (Å²) in [4.78, 5) is 25.1. The number of aryl methyl sites for hydroxylation is 1. The predicted octanol–water partition coefficient (Wildman–Crippen LogP) is 4.09. The molecule has 0 atom stereocenters. The lowest BCUT2D eigenvalue weighted by atomic mass is 9.96. The summed E-state index contributed by atoms with van der Waals surface area (Å²) in [5, 5.41) is 12.6. The van der Waals surface area contributed by atoms with Crippen molar-refractivity contribution in [2.24, 2.45) is 0 Å². The van der Waals surface area contributed by atoms with Gasteiger partial charge >= 0.3 is 5.97 Å². The monoisotopic (exact) mass is 392 g/mol. The highest BCUT2D eigenvalue weighted by Gasteiger charge is 2.22. The maximum atomic E-state index is 13.7. The molecule has 0 aliphatic heterocycles. The van der Waals surface area contributed by atoms with Crippen molar-refractivity contribution >= 4 is 39.8 Å². The van der Waals surface area contributed by atoms with E-state index in [-0.39, 0.29) is 10.6 Å². The van der Waals surface area contributed by atoms with Crippen LogP contribution in [-0.2, 0) is 22.4 Å². The summed E-state index contributed by atoms with van der Waals surface area (Å²) in [5.41, 5.74) is 1.18. The highest BCUT2D eigenvalue weighted by molar-refractivity contribution is 7.16. The number of esters is 1. The lowest BCUT2D eigenvalue weighted by Crippen LogP contribution is -2.21. The summed E-state index contributed by atoms with van der Waals surface area (Å²) >= 11 is 7.01. The average molecular weight is 393 g/mol. The van der Waals surface area contributed by atoms with Gasteiger partial charge in [0.1, 0.15) is 16.9 Å². The van der Waals surface area contributed by atoms with Crippen LogP contribution in [0.25, 0.3) is 0 Å². The summed E-state index contributed by atoms with van der Waals surface area (Å²) in [5.74, 6) is -2.36. The Bertz CT molecular complexity index is 920. The topological polar surface area (TPSA) is 79.2 Å². The van der Waals surface area contributed by atoms with Crippen LogP contribution >= 0.6 is 22.9 Å². The van der Waals surface area contributed by atoms with Crippen molar-refractivity contribution < 1.29 is 18.7 Å². The molecule has 1 amide bonds. The van der Waals surface area contributed by atoms with Crippen molar-refractivity contribution in [1.82, 2.24) is 0 Å². The van der Waals surface area contributed by atoms with Crippen LogP contribution in [0.15, 0.2) is 18.2 Å². The Morgan fingerprint density at radius 3 is 2.85 bits per heavy atom. The first-order chi connectivity index (χ1) is 12.5. The standard InChI is InChI=1S/C18H14ClFN2O3S/c19-10-5-6-12(14(20)7-10)18(24)25-9-16(23)22-17-13(8-21)11-3-1-2-4-15(11)26-17/h5-7H,1-4,9H2,(H,22,23). The second kappa shape index (κ2) is 7.85. The molecule has 1 aliphatic rings. The molecule has 0 saturated heterocycles. The summed E-state index contributed by atoms with van der Waals surface area (Å²) < 4.78 is 18.5. The first kappa shape index (κ1) is 18.4. The molecule has 1 aromatic carbocycles. The number of carbonyl (C=O) groups excluding carboxylic acids is 2. The van der Waals surface area contributed by atoms with Crippen molar-refractivity contribution in [2.75, 3.05) is 11.9 Å². The van der Waals surface area contributed by atoms with Gasteiger partial charge in [-0.15, -0.1) is 11.3 Å². The Labute approximate surface area is 158 Å². The number of halogens is 2. The van der Waals surface area contributed by atoms with Crippen LogP contribution in [-0.4, -0.2) is 18.5 Å². The van der Waals surface area contributed by atoms with E-state index in [1.54, 1.807) is 0 Å². The van der Waals surface area contributed by atoms with Crippen molar-refractivity contribution in [3.05, 3.63) is 50.6 Å². The molecule has 0 bridgehead atoms. The van der Waals surface area contributed by atoms with Crippen LogP contribution in [0.2, 0.25) is 5.02 Å². The van der Waals surface area contributed by atoms with Gasteiger partial charge in [0.2, 0.25) is 0 Å². The first-order valence-corrected chi connectivity index (χ1v) is 9.15. The summed E-state index contributed by atoms with van der Waals surface area (Å²) in [7, 11) is 0. The Morgan fingerprint density at radius 2 is 2.12 bits per heavy atom. The molecule has 0 spiro atoms. The smallest absolute Gasteiger partial charge is 0.341 e. The van der Waals surface area contributed by atoms with E-state index in [0.717, 1.165) is 42.2 Å². The van der Waals surface area contributed by atoms with Crippen molar-refractivity contribution in [1.29, 1.82) is 5.26 Å². The minimum absolute atomic E-state index is 0.155. The van der Waals surface area contributed by atoms with Gasteiger partial charge in [-0.05, 0) is 49.4 Å². The van der Waals surface area contributed by atoms with Gasteiger partial charge in [0.15, 0.2) is 6.61 Å². The maximum Gasteiger partial charge on any atom is 0.341 e. The fourth-order valence-electron chi connectivity index (χ4n) is 2.80.